The van der Waals surface area contributed by atoms with Crippen molar-refractivity contribution in [2.45, 2.75) is 6.54 Å². The second-order valence-electron chi connectivity index (χ2n) is 1.98. The van der Waals surface area contributed by atoms with E-state index >= 15 is 0 Å². The third-order valence-electron chi connectivity index (χ3n) is 1.26. The summed E-state index contributed by atoms with van der Waals surface area (Å²) < 4.78 is 1.01. The van der Waals surface area contributed by atoms with Gasteiger partial charge in [-0.3, -0.25) is 0 Å². The Hall–Kier alpha value is 0.190. The average Bonchev–Trinajstić information content (AvgIpc) is 1.88. The maximum Gasteiger partial charge on any atom is 0.116 e. The van der Waals surface area contributed by atoms with Gasteiger partial charge in [0.05, 0.1) is 0 Å². The van der Waals surface area contributed by atoms with Crippen LogP contribution in [0.15, 0.2) is 18.2 Å². The van der Waals surface area contributed by atoms with Crippen molar-refractivity contribution in [3.05, 3.63) is 27.3 Å². The number of phenols is 1. The van der Waals surface area contributed by atoms with Gasteiger partial charge in [0.25, 0.3) is 0 Å². The van der Waals surface area contributed by atoms with Crippen LogP contribution in [0, 0.1) is 3.57 Å². The van der Waals surface area contributed by atoms with Crippen molar-refractivity contribution in [1.29, 1.82) is 0 Å². The van der Waals surface area contributed by atoms with Crippen molar-refractivity contribution in [2.24, 2.45) is 5.73 Å². The number of hydrogen-bond donors (Lipinski definition) is 2. The number of phenolic OH excluding ortho intramolecular Hbond substituents is 1. The molecule has 2 nitrogen and oxygen atoms in total. The summed E-state index contributed by atoms with van der Waals surface area (Å²) in [6.07, 6.45) is 0. The molecular weight excluding hydrogens is 321 g/mol. The second kappa shape index (κ2) is 4.95. The van der Waals surface area contributed by atoms with E-state index in [0.29, 0.717) is 12.3 Å². The Morgan fingerprint density at radius 2 is 2.09 bits per heavy atom. The van der Waals surface area contributed by atoms with E-state index in [-0.39, 0.29) is 17.0 Å². The van der Waals surface area contributed by atoms with Crippen LogP contribution in [0.4, 0.5) is 0 Å². The highest BCUT2D eigenvalue weighted by Gasteiger charge is 1.96. The lowest BCUT2D eigenvalue weighted by Gasteiger charge is -1.99. The van der Waals surface area contributed by atoms with Gasteiger partial charge >= 0.3 is 0 Å². The molecule has 0 spiro atoms. The van der Waals surface area contributed by atoms with Gasteiger partial charge in [-0.1, -0.05) is 6.07 Å². The quantitative estimate of drug-likeness (QED) is 0.774. The zero-order chi connectivity index (χ0) is 7.56. The monoisotopic (exact) mass is 329 g/mol. The molecule has 0 heterocycles. The molecule has 0 bridgehead atoms. The molecule has 3 N–H and O–H groups in total. The van der Waals surface area contributed by atoms with Crippen molar-refractivity contribution < 1.29 is 5.11 Å². The lowest BCUT2D eigenvalue weighted by molar-refractivity contribution is 0.474. The fraction of sp³-hybridized carbons (Fsp3) is 0.143. The van der Waals surface area contributed by atoms with Crippen LogP contribution < -0.4 is 5.73 Å². The van der Waals surface area contributed by atoms with Crippen molar-refractivity contribution in [1.82, 2.24) is 0 Å². The zero-order valence-electron chi connectivity index (χ0n) is 5.75. The number of hydrogen-bond acceptors (Lipinski definition) is 2. The number of aromatic hydroxyl groups is 1. The predicted octanol–water partition coefficient (Wildman–Crippen LogP) is 2.03. The third kappa shape index (κ3) is 2.96. The topological polar surface area (TPSA) is 46.2 Å². The van der Waals surface area contributed by atoms with E-state index in [2.05, 4.69) is 22.6 Å². The van der Waals surface area contributed by atoms with Crippen LogP contribution in [-0.2, 0) is 6.54 Å². The molecule has 4 heteroatoms. The van der Waals surface area contributed by atoms with Crippen LogP contribution in [-0.4, -0.2) is 5.11 Å². The Morgan fingerprint density at radius 1 is 1.45 bits per heavy atom. The molecule has 11 heavy (non-hydrogen) atoms. The van der Waals surface area contributed by atoms with E-state index < -0.39 is 0 Å². The smallest absolute Gasteiger partial charge is 0.116 e. The van der Waals surface area contributed by atoms with Gasteiger partial charge in [0.1, 0.15) is 5.75 Å². The highest BCUT2D eigenvalue weighted by atomic mass is 127. The standard InChI is InChI=1S/C7H8INO.BrH/c8-7-3-6(10)2-1-5(7)4-9;/h1-3,10H,4,9H2;1H. The van der Waals surface area contributed by atoms with Gasteiger partial charge in [0.15, 0.2) is 0 Å². The van der Waals surface area contributed by atoms with Crippen LogP contribution in [0.25, 0.3) is 0 Å². The van der Waals surface area contributed by atoms with Gasteiger partial charge in [0.2, 0.25) is 0 Å². The molecule has 0 aliphatic rings. The highest BCUT2D eigenvalue weighted by Crippen LogP contribution is 2.17. The Bertz CT molecular complexity index is 242. The molecular formula is C7H9BrINO. The third-order valence-corrected chi connectivity index (χ3v) is 2.26. The molecule has 0 radical (unpaired) electrons. The minimum absolute atomic E-state index is 0. The first-order chi connectivity index (χ1) is 4.74. The Morgan fingerprint density at radius 3 is 2.55 bits per heavy atom. The summed E-state index contributed by atoms with van der Waals surface area (Å²) in [6, 6.07) is 5.17. The van der Waals surface area contributed by atoms with E-state index in [1.54, 1.807) is 12.1 Å². The molecule has 0 saturated heterocycles. The summed E-state index contributed by atoms with van der Waals surface area (Å²) in [5.74, 6) is 0.293. The van der Waals surface area contributed by atoms with Gasteiger partial charge in [-0.15, -0.1) is 17.0 Å². The van der Waals surface area contributed by atoms with Gasteiger partial charge in [-0.2, -0.15) is 0 Å². The first-order valence-corrected chi connectivity index (χ1v) is 3.99. The van der Waals surface area contributed by atoms with Crippen LogP contribution in [0.2, 0.25) is 0 Å². The molecule has 0 aliphatic carbocycles. The van der Waals surface area contributed by atoms with E-state index in [4.69, 9.17) is 10.8 Å². The number of benzene rings is 1. The summed E-state index contributed by atoms with van der Waals surface area (Å²) in [4.78, 5) is 0. The molecule has 1 aromatic rings. The Labute approximate surface area is 89.7 Å². The summed E-state index contributed by atoms with van der Waals surface area (Å²) in [6.45, 7) is 0.526. The molecule has 0 aliphatic heterocycles. The first kappa shape index (κ1) is 11.2. The molecule has 0 unspecified atom stereocenters. The van der Waals surface area contributed by atoms with E-state index in [1.165, 1.54) is 0 Å². The van der Waals surface area contributed by atoms with Crippen molar-refractivity contribution >= 4 is 39.6 Å². The first-order valence-electron chi connectivity index (χ1n) is 2.91. The number of rotatable bonds is 1. The average molecular weight is 330 g/mol. The molecule has 0 aromatic heterocycles. The van der Waals surface area contributed by atoms with Gasteiger partial charge < -0.3 is 10.8 Å². The van der Waals surface area contributed by atoms with Crippen LogP contribution >= 0.6 is 39.6 Å². The maximum absolute atomic E-state index is 8.99. The molecule has 1 rings (SSSR count). The van der Waals surface area contributed by atoms with Gasteiger partial charge in [-0.25, -0.2) is 0 Å². The lowest BCUT2D eigenvalue weighted by atomic mass is 10.2. The summed E-state index contributed by atoms with van der Waals surface area (Å²) in [7, 11) is 0. The van der Waals surface area contributed by atoms with Crippen LogP contribution in [0.3, 0.4) is 0 Å². The fourth-order valence-electron chi connectivity index (χ4n) is 0.702. The normalized spacial score (nSPS) is 8.91. The summed E-state index contributed by atoms with van der Waals surface area (Å²) >= 11 is 2.15. The summed E-state index contributed by atoms with van der Waals surface area (Å²) in [5.41, 5.74) is 6.48. The highest BCUT2D eigenvalue weighted by molar-refractivity contribution is 14.1. The van der Waals surface area contributed by atoms with Crippen LogP contribution in [0.1, 0.15) is 5.56 Å². The lowest BCUT2D eigenvalue weighted by Crippen LogP contribution is -1.97. The Balaban J connectivity index is 0.000001000. The van der Waals surface area contributed by atoms with Crippen molar-refractivity contribution in [3.8, 4) is 5.75 Å². The molecule has 1 aromatic carbocycles. The fourth-order valence-corrected chi connectivity index (χ4v) is 1.42. The van der Waals surface area contributed by atoms with E-state index in [9.17, 15) is 0 Å². The molecule has 0 atom stereocenters. The van der Waals surface area contributed by atoms with Crippen LogP contribution in [0.5, 0.6) is 5.75 Å². The minimum Gasteiger partial charge on any atom is -0.508 e. The minimum atomic E-state index is 0. The van der Waals surface area contributed by atoms with E-state index in [1.807, 2.05) is 6.07 Å². The van der Waals surface area contributed by atoms with Crippen molar-refractivity contribution in [3.63, 3.8) is 0 Å². The second-order valence-corrected chi connectivity index (χ2v) is 3.14. The Kier molecular flexibility index (Phi) is 5.03. The van der Waals surface area contributed by atoms with Crippen molar-refractivity contribution in [2.75, 3.05) is 0 Å². The van der Waals surface area contributed by atoms with Gasteiger partial charge in [0, 0.05) is 10.1 Å². The SMILES string of the molecule is Br.NCc1ccc(O)cc1I. The van der Waals surface area contributed by atoms with Gasteiger partial charge in [-0.05, 0) is 40.3 Å². The maximum atomic E-state index is 8.99. The number of halogens is 2. The molecule has 62 valence electrons. The molecule has 0 amide bonds. The molecule has 0 fully saturated rings. The number of nitrogens with two attached hydrogens (primary N) is 1. The molecule has 0 saturated carbocycles. The predicted molar refractivity (Wildman–Crippen MR) is 59.0 cm³/mol. The largest absolute Gasteiger partial charge is 0.508 e. The summed E-state index contributed by atoms with van der Waals surface area (Å²) in [5, 5.41) is 8.99. The zero-order valence-corrected chi connectivity index (χ0v) is 9.62. The van der Waals surface area contributed by atoms with E-state index in [0.717, 1.165) is 9.13 Å².